The van der Waals surface area contributed by atoms with Crippen LogP contribution in [0.15, 0.2) is 48.5 Å². The first-order chi connectivity index (χ1) is 12.8. The van der Waals surface area contributed by atoms with Crippen LogP contribution >= 0.6 is 23.2 Å². The van der Waals surface area contributed by atoms with E-state index >= 15 is 0 Å². The van der Waals surface area contributed by atoms with Crippen LogP contribution < -0.4 is 4.90 Å². The Balaban J connectivity index is 1.85. The molecule has 0 unspecified atom stereocenters. The highest BCUT2D eigenvalue weighted by atomic mass is 35.5. The van der Waals surface area contributed by atoms with Gasteiger partial charge in [-0.25, -0.2) is 0 Å². The average Bonchev–Trinajstić information content (AvgIpc) is 2.89. The van der Waals surface area contributed by atoms with Crippen molar-refractivity contribution in [1.82, 2.24) is 4.98 Å². The highest BCUT2D eigenvalue weighted by Crippen LogP contribution is 2.47. The van der Waals surface area contributed by atoms with Crippen molar-refractivity contribution in [2.75, 3.05) is 4.90 Å². The summed E-state index contributed by atoms with van der Waals surface area (Å²) in [4.78, 5) is 20.2. The fourth-order valence-corrected chi connectivity index (χ4v) is 4.38. The summed E-state index contributed by atoms with van der Waals surface area (Å²) in [5, 5.41) is 2.04. The van der Waals surface area contributed by atoms with Gasteiger partial charge < -0.3 is 0 Å². The minimum absolute atomic E-state index is 0.0489. The van der Waals surface area contributed by atoms with Crippen LogP contribution in [0.3, 0.4) is 0 Å². The summed E-state index contributed by atoms with van der Waals surface area (Å²) in [6.45, 7) is 4.33. The van der Waals surface area contributed by atoms with E-state index in [2.05, 4.69) is 19.9 Å². The van der Waals surface area contributed by atoms with Gasteiger partial charge in [0.15, 0.2) is 0 Å². The van der Waals surface area contributed by atoms with E-state index in [1.54, 1.807) is 17.0 Å². The predicted molar refractivity (Wildman–Crippen MR) is 110 cm³/mol. The number of allylic oxidation sites excluding steroid dienone is 1. The largest absolute Gasteiger partial charge is 0.277 e. The summed E-state index contributed by atoms with van der Waals surface area (Å²) in [6.07, 6.45) is 2.97. The number of anilines is 1. The first-order valence-corrected chi connectivity index (χ1v) is 9.55. The van der Waals surface area contributed by atoms with E-state index in [4.69, 9.17) is 28.2 Å². The van der Waals surface area contributed by atoms with Crippen molar-refractivity contribution in [3.05, 3.63) is 75.4 Å². The fourth-order valence-electron chi connectivity index (χ4n) is 4.08. The second kappa shape index (κ2) is 5.57. The van der Waals surface area contributed by atoms with E-state index in [0.29, 0.717) is 15.6 Å². The minimum atomic E-state index is -0.0952. The monoisotopic (exact) mass is 394 g/mol. The van der Waals surface area contributed by atoms with Gasteiger partial charge >= 0.3 is 0 Å². The van der Waals surface area contributed by atoms with E-state index in [1.807, 2.05) is 30.3 Å². The number of aromatic nitrogens is 1. The van der Waals surface area contributed by atoms with Gasteiger partial charge in [-0.05, 0) is 54.3 Å². The molecule has 0 radical (unpaired) electrons. The Hall–Kier alpha value is -2.36. The number of fused-ring (bicyclic) bond motifs is 2. The minimum Gasteiger partial charge on any atom is -0.277 e. The molecule has 5 heteroatoms. The highest BCUT2D eigenvalue weighted by Gasteiger charge is 2.42. The number of halogens is 2. The van der Waals surface area contributed by atoms with Gasteiger partial charge in [-0.3, -0.25) is 14.7 Å². The number of nitrogens with zero attached hydrogens (tertiary/aromatic N) is 2. The maximum atomic E-state index is 13.5. The Kier molecular flexibility index (Phi) is 3.46. The molecule has 0 spiro atoms. The van der Waals surface area contributed by atoms with Crippen LogP contribution in [0.1, 0.15) is 35.5 Å². The van der Waals surface area contributed by atoms with Crippen molar-refractivity contribution in [2.45, 2.75) is 20.3 Å². The van der Waals surface area contributed by atoms with Crippen LogP contribution in [0.4, 0.5) is 5.69 Å². The highest BCUT2D eigenvalue weighted by molar-refractivity contribution is 6.33. The standard InChI is InChI=1S/C22H16Cl2N2O/c1-22(2)10-17-20-18(11-22)26(14-6-3-12(23)4-7-14)21(27)19(20)15-9-13(24)5-8-16(15)25-17/h3-9,11H,10H2,1-2H3. The Morgan fingerprint density at radius 3 is 2.44 bits per heavy atom. The van der Waals surface area contributed by atoms with Crippen LogP contribution in [-0.2, 0) is 6.42 Å². The Morgan fingerprint density at radius 2 is 1.70 bits per heavy atom. The average molecular weight is 395 g/mol. The molecule has 0 saturated heterocycles. The van der Waals surface area contributed by atoms with Gasteiger partial charge in [-0.15, -0.1) is 0 Å². The van der Waals surface area contributed by atoms with Crippen molar-refractivity contribution < 1.29 is 4.79 Å². The zero-order valence-electron chi connectivity index (χ0n) is 14.9. The molecule has 3 aromatic rings. The molecule has 2 heterocycles. The Morgan fingerprint density at radius 1 is 1.00 bits per heavy atom. The van der Waals surface area contributed by atoms with Crippen molar-refractivity contribution in [3.63, 3.8) is 0 Å². The fraction of sp³-hybridized carbons (Fsp3) is 0.182. The molecule has 27 heavy (non-hydrogen) atoms. The number of benzene rings is 2. The first kappa shape index (κ1) is 16.8. The molecule has 1 aliphatic carbocycles. The molecule has 0 atom stereocenters. The summed E-state index contributed by atoms with van der Waals surface area (Å²) in [5.74, 6) is -0.0489. The summed E-state index contributed by atoms with van der Waals surface area (Å²) >= 11 is 12.3. The molecule has 134 valence electrons. The number of carbonyl (C=O) groups is 1. The third kappa shape index (κ3) is 2.49. The number of amides is 1. The lowest BCUT2D eigenvalue weighted by Crippen LogP contribution is -2.26. The van der Waals surface area contributed by atoms with Crippen molar-refractivity contribution in [2.24, 2.45) is 5.41 Å². The molecule has 2 aromatic carbocycles. The van der Waals surface area contributed by atoms with E-state index in [9.17, 15) is 4.79 Å². The zero-order valence-corrected chi connectivity index (χ0v) is 16.4. The molecule has 0 bridgehead atoms. The second-order valence-electron chi connectivity index (χ2n) is 7.78. The van der Waals surface area contributed by atoms with E-state index < -0.39 is 0 Å². The van der Waals surface area contributed by atoms with E-state index in [0.717, 1.165) is 40.0 Å². The van der Waals surface area contributed by atoms with Gasteiger partial charge in [0, 0.05) is 26.7 Å². The summed E-state index contributed by atoms with van der Waals surface area (Å²) < 4.78 is 0. The molecule has 0 fully saturated rings. The Labute approximate surface area is 167 Å². The number of hydrogen-bond donors (Lipinski definition) is 0. The summed E-state index contributed by atoms with van der Waals surface area (Å²) in [6, 6.07) is 12.9. The van der Waals surface area contributed by atoms with Gasteiger partial charge in [-0.1, -0.05) is 43.1 Å². The topological polar surface area (TPSA) is 33.2 Å². The molecule has 5 rings (SSSR count). The quantitative estimate of drug-likeness (QED) is 0.497. The molecule has 3 nitrogen and oxygen atoms in total. The van der Waals surface area contributed by atoms with Crippen LogP contribution in [0, 0.1) is 5.41 Å². The third-order valence-electron chi connectivity index (χ3n) is 5.17. The maximum Gasteiger partial charge on any atom is 0.264 e. The first-order valence-electron chi connectivity index (χ1n) is 8.79. The predicted octanol–water partition coefficient (Wildman–Crippen LogP) is 6.13. The molecule has 1 aromatic heterocycles. The second-order valence-corrected chi connectivity index (χ2v) is 8.65. The van der Waals surface area contributed by atoms with E-state index in [-0.39, 0.29) is 11.3 Å². The maximum absolute atomic E-state index is 13.5. The van der Waals surface area contributed by atoms with Crippen LogP contribution in [0.2, 0.25) is 10.0 Å². The lowest BCUT2D eigenvalue weighted by atomic mass is 9.79. The van der Waals surface area contributed by atoms with Gasteiger partial charge in [-0.2, -0.15) is 0 Å². The van der Waals surface area contributed by atoms with Crippen molar-refractivity contribution >= 4 is 51.4 Å². The van der Waals surface area contributed by atoms with Crippen LogP contribution in [0.25, 0.3) is 16.6 Å². The number of hydrogen-bond acceptors (Lipinski definition) is 2. The molecular weight excluding hydrogens is 379 g/mol. The number of carbonyl (C=O) groups excluding carboxylic acids is 1. The van der Waals surface area contributed by atoms with Crippen molar-refractivity contribution in [3.8, 4) is 0 Å². The number of pyridine rings is 1. The van der Waals surface area contributed by atoms with Crippen molar-refractivity contribution in [1.29, 1.82) is 0 Å². The number of rotatable bonds is 1. The molecule has 0 N–H and O–H groups in total. The molecule has 1 amide bonds. The van der Waals surface area contributed by atoms with Crippen LogP contribution in [-0.4, -0.2) is 10.9 Å². The van der Waals surface area contributed by atoms with Gasteiger partial charge in [0.05, 0.1) is 22.5 Å². The SMILES string of the molecule is CC1(C)C=C2c3c(nc4ccc(Cl)cc4c3C(=O)N2c2ccc(Cl)cc2)C1. The third-order valence-corrected chi connectivity index (χ3v) is 5.66. The smallest absolute Gasteiger partial charge is 0.264 e. The summed E-state index contributed by atoms with van der Waals surface area (Å²) in [7, 11) is 0. The molecular formula is C22H16Cl2N2O. The normalized spacial score (nSPS) is 17.3. The lowest BCUT2D eigenvalue weighted by molar-refractivity contribution is 0.101. The van der Waals surface area contributed by atoms with Gasteiger partial charge in [0.2, 0.25) is 0 Å². The summed E-state index contributed by atoms with van der Waals surface area (Å²) in [5.41, 5.74) is 4.99. The van der Waals surface area contributed by atoms with Gasteiger partial charge in [0.1, 0.15) is 0 Å². The van der Waals surface area contributed by atoms with Crippen LogP contribution in [0.5, 0.6) is 0 Å². The Bertz CT molecular complexity index is 1160. The molecule has 1 aliphatic heterocycles. The zero-order chi connectivity index (χ0) is 18.9. The molecule has 2 aliphatic rings. The lowest BCUT2D eigenvalue weighted by Gasteiger charge is -2.30. The van der Waals surface area contributed by atoms with E-state index in [1.165, 1.54) is 0 Å². The van der Waals surface area contributed by atoms with Gasteiger partial charge in [0.25, 0.3) is 5.91 Å². The molecule has 0 saturated carbocycles.